The first-order valence-corrected chi connectivity index (χ1v) is 7.61. The number of aryl methyl sites for hydroxylation is 1. The molecule has 0 aliphatic rings. The lowest BCUT2D eigenvalue weighted by Gasteiger charge is -2.26. The van der Waals surface area contributed by atoms with E-state index in [1.807, 2.05) is 0 Å². The van der Waals surface area contributed by atoms with Crippen molar-refractivity contribution in [2.45, 2.75) is 32.6 Å². The third kappa shape index (κ3) is 3.31. The normalized spacial score (nSPS) is 11.9. The van der Waals surface area contributed by atoms with Gasteiger partial charge >= 0.3 is 0 Å². The second kappa shape index (κ2) is 5.33. The Morgan fingerprint density at radius 3 is 2.27 bits per heavy atom. The summed E-state index contributed by atoms with van der Waals surface area (Å²) in [6, 6.07) is 4.40. The molecule has 0 amide bonds. The first-order valence-electron chi connectivity index (χ1n) is 4.90. The Bertz CT molecular complexity index is 356. The highest BCUT2D eigenvalue weighted by Gasteiger charge is 2.23. The summed E-state index contributed by atoms with van der Waals surface area (Å²) >= 11 is 10.8. The molecule has 0 atom stereocenters. The van der Waals surface area contributed by atoms with Gasteiger partial charge in [0.25, 0.3) is 0 Å². The van der Waals surface area contributed by atoms with Crippen LogP contribution in [0.15, 0.2) is 21.1 Å². The van der Waals surface area contributed by atoms with Gasteiger partial charge in [-0.15, -0.1) is 0 Å². The van der Waals surface area contributed by atoms with E-state index in [0.29, 0.717) is 0 Å². The number of rotatable bonds is 3. The summed E-state index contributed by atoms with van der Waals surface area (Å²) < 4.78 is 2.39. The molecule has 0 spiro atoms. The van der Waals surface area contributed by atoms with Gasteiger partial charge in [-0.25, -0.2) is 0 Å². The largest absolute Gasteiger partial charge is 0.0928 e. The lowest BCUT2D eigenvalue weighted by Crippen LogP contribution is -2.18. The number of halogens is 3. The average molecular weight is 399 g/mol. The molecule has 1 aromatic rings. The fourth-order valence-corrected chi connectivity index (χ4v) is 3.86. The molecule has 0 aromatic heterocycles. The molecular formula is C12H15Br3. The van der Waals surface area contributed by atoms with E-state index in [2.05, 4.69) is 80.7 Å². The van der Waals surface area contributed by atoms with Crippen LogP contribution in [-0.2, 0) is 5.41 Å². The van der Waals surface area contributed by atoms with Gasteiger partial charge < -0.3 is 0 Å². The maximum absolute atomic E-state index is 3.65. The van der Waals surface area contributed by atoms with Crippen LogP contribution in [0.3, 0.4) is 0 Å². The summed E-state index contributed by atoms with van der Waals surface area (Å²) in [7, 11) is 0. The highest BCUT2D eigenvalue weighted by atomic mass is 79.9. The molecule has 0 bridgehead atoms. The van der Waals surface area contributed by atoms with Crippen LogP contribution in [0.4, 0.5) is 0 Å². The predicted octanol–water partition coefficient (Wildman–Crippen LogP) is 5.58. The monoisotopic (exact) mass is 396 g/mol. The zero-order valence-electron chi connectivity index (χ0n) is 9.20. The molecule has 0 N–H and O–H groups in total. The minimum atomic E-state index is 0.193. The summed E-state index contributed by atoms with van der Waals surface area (Å²) in [5, 5.41) is 1.03. The molecule has 1 aromatic carbocycles. The summed E-state index contributed by atoms with van der Waals surface area (Å²) in [6.07, 6.45) is 1.13. The van der Waals surface area contributed by atoms with Crippen molar-refractivity contribution in [2.24, 2.45) is 0 Å². The van der Waals surface area contributed by atoms with E-state index in [-0.39, 0.29) is 5.41 Å². The summed E-state index contributed by atoms with van der Waals surface area (Å²) in [4.78, 5) is 0. The van der Waals surface area contributed by atoms with E-state index in [1.165, 1.54) is 20.1 Å². The molecule has 0 fully saturated rings. The van der Waals surface area contributed by atoms with Crippen molar-refractivity contribution in [3.63, 3.8) is 0 Å². The van der Waals surface area contributed by atoms with Crippen LogP contribution < -0.4 is 0 Å². The second-order valence-electron chi connectivity index (χ2n) is 4.40. The van der Waals surface area contributed by atoms with Crippen LogP contribution >= 0.6 is 47.8 Å². The fourth-order valence-electron chi connectivity index (χ4n) is 1.54. The Balaban J connectivity index is 3.19. The third-order valence-corrected chi connectivity index (χ3v) is 4.60. The molecule has 0 nitrogen and oxygen atoms in total. The Morgan fingerprint density at radius 1 is 1.13 bits per heavy atom. The minimum Gasteiger partial charge on any atom is -0.0928 e. The van der Waals surface area contributed by atoms with E-state index in [1.54, 1.807) is 0 Å². The smallest absolute Gasteiger partial charge is 0.0216 e. The second-order valence-corrected chi connectivity index (χ2v) is 6.91. The van der Waals surface area contributed by atoms with Crippen molar-refractivity contribution in [1.29, 1.82) is 0 Å². The van der Waals surface area contributed by atoms with E-state index in [9.17, 15) is 0 Å². The Hall–Kier alpha value is 0.660. The Morgan fingerprint density at radius 2 is 1.73 bits per heavy atom. The molecule has 1 rings (SSSR count). The van der Waals surface area contributed by atoms with Gasteiger partial charge in [-0.2, -0.15) is 0 Å². The van der Waals surface area contributed by atoms with Crippen LogP contribution in [0.2, 0.25) is 0 Å². The van der Waals surface area contributed by atoms with Crippen LogP contribution in [0.1, 0.15) is 31.4 Å². The lowest BCUT2D eigenvalue weighted by molar-refractivity contribution is 0.509. The van der Waals surface area contributed by atoms with Crippen LogP contribution in [-0.4, -0.2) is 5.33 Å². The molecule has 0 saturated heterocycles. The molecule has 0 unspecified atom stereocenters. The van der Waals surface area contributed by atoms with Crippen molar-refractivity contribution < 1.29 is 0 Å². The number of hydrogen-bond acceptors (Lipinski definition) is 0. The highest BCUT2D eigenvalue weighted by molar-refractivity contribution is 9.11. The maximum atomic E-state index is 3.65. The van der Waals surface area contributed by atoms with Crippen molar-refractivity contribution in [3.05, 3.63) is 32.2 Å². The van der Waals surface area contributed by atoms with E-state index < -0.39 is 0 Å². The predicted molar refractivity (Wildman–Crippen MR) is 78.0 cm³/mol. The fraction of sp³-hybridized carbons (Fsp3) is 0.500. The molecular weight excluding hydrogens is 384 g/mol. The van der Waals surface area contributed by atoms with Gasteiger partial charge in [0.1, 0.15) is 0 Å². The number of benzene rings is 1. The quantitative estimate of drug-likeness (QED) is 0.583. The van der Waals surface area contributed by atoms with E-state index in [0.717, 1.165) is 11.8 Å². The van der Waals surface area contributed by atoms with Gasteiger partial charge in [-0.05, 0) is 42.0 Å². The van der Waals surface area contributed by atoms with Gasteiger partial charge in [-0.1, -0.05) is 61.6 Å². The Kier molecular flexibility index (Phi) is 4.87. The zero-order chi connectivity index (χ0) is 11.6. The van der Waals surface area contributed by atoms with Gasteiger partial charge in [0, 0.05) is 14.3 Å². The third-order valence-electron chi connectivity index (χ3n) is 2.70. The first-order chi connectivity index (χ1) is 6.88. The molecule has 0 aliphatic heterocycles. The van der Waals surface area contributed by atoms with Crippen LogP contribution in [0.5, 0.6) is 0 Å². The summed E-state index contributed by atoms with van der Waals surface area (Å²) in [5.41, 5.74) is 2.82. The molecule has 0 aliphatic carbocycles. The topological polar surface area (TPSA) is 0 Å². The lowest BCUT2D eigenvalue weighted by atomic mass is 9.82. The summed E-state index contributed by atoms with van der Waals surface area (Å²) in [5.74, 6) is 0. The van der Waals surface area contributed by atoms with Crippen molar-refractivity contribution in [1.82, 2.24) is 0 Å². The standard InChI is InChI=1S/C12H15Br3/c1-8-6-11(15)9(7-10(8)14)12(2,3)4-5-13/h6-7H,4-5H2,1-3H3. The zero-order valence-corrected chi connectivity index (χ0v) is 14.0. The molecule has 0 radical (unpaired) electrons. The average Bonchev–Trinajstić information content (AvgIpc) is 2.11. The van der Waals surface area contributed by atoms with Gasteiger partial charge in [-0.3, -0.25) is 0 Å². The van der Waals surface area contributed by atoms with E-state index >= 15 is 0 Å². The molecule has 3 heteroatoms. The van der Waals surface area contributed by atoms with Gasteiger partial charge in [0.15, 0.2) is 0 Å². The van der Waals surface area contributed by atoms with Crippen molar-refractivity contribution in [3.8, 4) is 0 Å². The Labute approximate surface area is 117 Å². The molecule has 0 saturated carbocycles. The van der Waals surface area contributed by atoms with Crippen molar-refractivity contribution in [2.75, 3.05) is 5.33 Å². The van der Waals surface area contributed by atoms with Crippen LogP contribution in [0.25, 0.3) is 0 Å². The molecule has 0 heterocycles. The number of hydrogen-bond donors (Lipinski definition) is 0. The van der Waals surface area contributed by atoms with Gasteiger partial charge in [0.2, 0.25) is 0 Å². The maximum Gasteiger partial charge on any atom is 0.0216 e. The minimum absolute atomic E-state index is 0.193. The highest BCUT2D eigenvalue weighted by Crippen LogP contribution is 2.36. The number of alkyl halides is 1. The van der Waals surface area contributed by atoms with Crippen LogP contribution in [0, 0.1) is 6.92 Å². The van der Waals surface area contributed by atoms with Gasteiger partial charge in [0.05, 0.1) is 0 Å². The van der Waals surface area contributed by atoms with E-state index in [4.69, 9.17) is 0 Å². The summed E-state index contributed by atoms with van der Waals surface area (Å²) in [6.45, 7) is 6.66. The first kappa shape index (κ1) is 13.7. The molecule has 84 valence electrons. The SMILES string of the molecule is Cc1cc(Br)c(C(C)(C)CCBr)cc1Br. The van der Waals surface area contributed by atoms with Crippen molar-refractivity contribution >= 4 is 47.8 Å². The molecule has 15 heavy (non-hydrogen) atoms.